The summed E-state index contributed by atoms with van der Waals surface area (Å²) in [6, 6.07) is 6.17. The number of fused-ring (bicyclic) bond motifs is 1. The predicted octanol–water partition coefficient (Wildman–Crippen LogP) is 3.36. The van der Waals surface area contributed by atoms with Crippen LogP contribution in [0.4, 0.5) is 0 Å². The maximum Gasteiger partial charge on any atom is 0.120 e. The Kier molecular flexibility index (Phi) is 3.38. The molecule has 0 amide bonds. The van der Waals surface area contributed by atoms with E-state index in [-0.39, 0.29) is 12.1 Å². The largest absolute Gasteiger partial charge is 0.491 e. The van der Waals surface area contributed by atoms with Crippen LogP contribution in [0.2, 0.25) is 0 Å². The fraction of sp³-hybridized carbons (Fsp3) is 0.429. The van der Waals surface area contributed by atoms with Gasteiger partial charge in [0.15, 0.2) is 0 Å². The van der Waals surface area contributed by atoms with E-state index in [4.69, 9.17) is 10.5 Å². The van der Waals surface area contributed by atoms with E-state index in [0.717, 1.165) is 28.6 Å². The van der Waals surface area contributed by atoms with Crippen molar-refractivity contribution in [1.29, 1.82) is 0 Å². The highest BCUT2D eigenvalue weighted by Gasteiger charge is 2.11. The molecule has 1 heterocycles. The number of nitrogens with two attached hydrogens (primary N) is 1. The molecule has 0 aliphatic heterocycles. The molecule has 3 nitrogen and oxygen atoms in total. The van der Waals surface area contributed by atoms with Crippen molar-refractivity contribution in [3.8, 4) is 5.75 Å². The number of rotatable bonds is 4. The Balaban J connectivity index is 2.43. The number of ether oxygens (including phenoxy) is 1. The first kappa shape index (κ1) is 12.0. The predicted molar refractivity (Wildman–Crippen MR) is 71.3 cm³/mol. The van der Waals surface area contributed by atoms with E-state index < -0.39 is 0 Å². The molecular formula is C14H20N2O. The molecule has 0 radical (unpaired) electrons. The van der Waals surface area contributed by atoms with Crippen LogP contribution in [0, 0.1) is 0 Å². The zero-order chi connectivity index (χ0) is 12.4. The standard InChI is InChI=1S/C14H20N2O/c1-4-13(15)12-8-16-14-6-5-10(7-11(12)14)17-9(2)3/h5-9,13,16H,4,15H2,1-3H3/t13-/m1/s1. The Bertz CT molecular complexity index is 502. The number of H-pyrrole nitrogens is 1. The van der Waals surface area contributed by atoms with Crippen molar-refractivity contribution in [2.75, 3.05) is 0 Å². The topological polar surface area (TPSA) is 51.0 Å². The molecule has 92 valence electrons. The first-order valence-electron chi connectivity index (χ1n) is 6.15. The maximum atomic E-state index is 6.10. The Morgan fingerprint density at radius 3 is 2.76 bits per heavy atom. The third-order valence-corrected chi connectivity index (χ3v) is 2.90. The molecule has 0 aliphatic carbocycles. The SMILES string of the molecule is CC[C@@H](N)c1c[nH]c2ccc(OC(C)C)cc12. The fourth-order valence-electron chi connectivity index (χ4n) is 1.99. The van der Waals surface area contributed by atoms with Crippen molar-refractivity contribution in [2.24, 2.45) is 5.73 Å². The highest BCUT2D eigenvalue weighted by molar-refractivity contribution is 5.85. The number of aromatic nitrogens is 1. The number of aromatic amines is 1. The minimum atomic E-state index is 0.0815. The third kappa shape index (κ3) is 2.44. The van der Waals surface area contributed by atoms with E-state index in [0.29, 0.717) is 0 Å². The van der Waals surface area contributed by atoms with Crippen LogP contribution in [0.5, 0.6) is 5.75 Å². The Morgan fingerprint density at radius 1 is 1.35 bits per heavy atom. The van der Waals surface area contributed by atoms with Crippen LogP contribution in [0.15, 0.2) is 24.4 Å². The van der Waals surface area contributed by atoms with Crippen molar-refractivity contribution < 1.29 is 4.74 Å². The molecule has 0 fully saturated rings. The second-order valence-electron chi connectivity index (χ2n) is 4.63. The second-order valence-corrected chi connectivity index (χ2v) is 4.63. The first-order valence-corrected chi connectivity index (χ1v) is 6.15. The van der Waals surface area contributed by atoms with E-state index in [1.54, 1.807) is 0 Å². The lowest BCUT2D eigenvalue weighted by Crippen LogP contribution is -2.08. The zero-order valence-corrected chi connectivity index (χ0v) is 10.7. The molecule has 1 aromatic heterocycles. The van der Waals surface area contributed by atoms with Gasteiger partial charge in [0.1, 0.15) is 5.75 Å². The summed E-state index contributed by atoms with van der Waals surface area (Å²) in [7, 11) is 0. The molecule has 0 aliphatic rings. The number of hydrogen-bond donors (Lipinski definition) is 2. The van der Waals surface area contributed by atoms with Crippen molar-refractivity contribution in [1.82, 2.24) is 4.98 Å². The molecule has 2 rings (SSSR count). The summed E-state index contributed by atoms with van der Waals surface area (Å²) in [6.07, 6.45) is 3.12. The molecule has 0 saturated carbocycles. The van der Waals surface area contributed by atoms with Gasteiger partial charge in [0.25, 0.3) is 0 Å². The van der Waals surface area contributed by atoms with E-state index >= 15 is 0 Å². The number of nitrogens with one attached hydrogen (secondary N) is 1. The van der Waals surface area contributed by atoms with Crippen LogP contribution in [0.3, 0.4) is 0 Å². The Morgan fingerprint density at radius 2 is 2.12 bits per heavy atom. The van der Waals surface area contributed by atoms with Gasteiger partial charge in [0.2, 0.25) is 0 Å². The zero-order valence-electron chi connectivity index (χ0n) is 10.7. The van der Waals surface area contributed by atoms with Crippen molar-refractivity contribution >= 4 is 10.9 Å². The lowest BCUT2D eigenvalue weighted by atomic mass is 10.0. The normalized spacial score (nSPS) is 13.2. The smallest absolute Gasteiger partial charge is 0.120 e. The molecule has 3 N–H and O–H groups in total. The maximum absolute atomic E-state index is 6.10. The summed E-state index contributed by atoms with van der Waals surface area (Å²) in [6.45, 7) is 6.15. The monoisotopic (exact) mass is 232 g/mol. The average Bonchev–Trinajstić information content (AvgIpc) is 2.70. The lowest BCUT2D eigenvalue weighted by molar-refractivity contribution is 0.243. The number of hydrogen-bond acceptors (Lipinski definition) is 2. The van der Waals surface area contributed by atoms with E-state index in [1.807, 2.05) is 32.2 Å². The van der Waals surface area contributed by atoms with Gasteiger partial charge in [-0.15, -0.1) is 0 Å². The average molecular weight is 232 g/mol. The van der Waals surface area contributed by atoms with Crippen LogP contribution < -0.4 is 10.5 Å². The van der Waals surface area contributed by atoms with Crippen molar-refractivity contribution in [2.45, 2.75) is 39.3 Å². The fourth-order valence-corrected chi connectivity index (χ4v) is 1.99. The molecule has 17 heavy (non-hydrogen) atoms. The van der Waals surface area contributed by atoms with Gasteiger partial charge < -0.3 is 15.5 Å². The van der Waals surface area contributed by atoms with Gasteiger partial charge in [0, 0.05) is 23.1 Å². The summed E-state index contributed by atoms with van der Waals surface area (Å²) in [5, 5.41) is 1.16. The van der Waals surface area contributed by atoms with Gasteiger partial charge in [-0.1, -0.05) is 6.92 Å². The van der Waals surface area contributed by atoms with E-state index in [2.05, 4.69) is 18.0 Å². The summed E-state index contributed by atoms with van der Waals surface area (Å²) < 4.78 is 5.71. The van der Waals surface area contributed by atoms with Crippen LogP contribution >= 0.6 is 0 Å². The highest BCUT2D eigenvalue weighted by atomic mass is 16.5. The number of benzene rings is 1. The van der Waals surface area contributed by atoms with Crippen LogP contribution in [0.1, 0.15) is 38.8 Å². The minimum absolute atomic E-state index is 0.0815. The van der Waals surface area contributed by atoms with E-state index in [9.17, 15) is 0 Å². The Hall–Kier alpha value is -1.48. The van der Waals surface area contributed by atoms with Gasteiger partial charge in [-0.25, -0.2) is 0 Å². The van der Waals surface area contributed by atoms with Gasteiger partial charge >= 0.3 is 0 Å². The molecule has 0 spiro atoms. The molecular weight excluding hydrogens is 212 g/mol. The minimum Gasteiger partial charge on any atom is -0.491 e. The molecule has 2 aromatic rings. The Labute approximate surface area is 102 Å². The molecule has 3 heteroatoms. The van der Waals surface area contributed by atoms with Gasteiger partial charge in [-0.05, 0) is 44.0 Å². The van der Waals surface area contributed by atoms with Gasteiger partial charge in [0.05, 0.1) is 6.10 Å². The lowest BCUT2D eigenvalue weighted by Gasteiger charge is -2.11. The molecule has 0 unspecified atom stereocenters. The summed E-state index contributed by atoms with van der Waals surface area (Å²) in [4.78, 5) is 3.25. The molecule has 1 atom stereocenters. The summed E-state index contributed by atoms with van der Waals surface area (Å²) in [5.74, 6) is 0.900. The van der Waals surface area contributed by atoms with Crippen molar-refractivity contribution in [3.63, 3.8) is 0 Å². The highest BCUT2D eigenvalue weighted by Crippen LogP contribution is 2.28. The molecule has 1 aromatic carbocycles. The van der Waals surface area contributed by atoms with E-state index in [1.165, 1.54) is 0 Å². The van der Waals surface area contributed by atoms with Crippen LogP contribution in [-0.2, 0) is 0 Å². The molecule has 0 saturated heterocycles. The van der Waals surface area contributed by atoms with Gasteiger partial charge in [-0.3, -0.25) is 0 Å². The van der Waals surface area contributed by atoms with Crippen LogP contribution in [-0.4, -0.2) is 11.1 Å². The summed E-state index contributed by atoms with van der Waals surface area (Å²) >= 11 is 0. The summed E-state index contributed by atoms with van der Waals surface area (Å²) in [5.41, 5.74) is 8.37. The van der Waals surface area contributed by atoms with Crippen molar-refractivity contribution in [3.05, 3.63) is 30.0 Å². The quantitative estimate of drug-likeness (QED) is 0.849. The second kappa shape index (κ2) is 4.80. The molecule has 0 bridgehead atoms. The first-order chi connectivity index (χ1) is 8.11. The third-order valence-electron chi connectivity index (χ3n) is 2.90. The van der Waals surface area contributed by atoms with Gasteiger partial charge in [-0.2, -0.15) is 0 Å². The van der Waals surface area contributed by atoms with Crippen LogP contribution in [0.25, 0.3) is 10.9 Å².